The molecule has 2 aromatic carbocycles. The third-order valence-corrected chi connectivity index (χ3v) is 5.68. The van der Waals surface area contributed by atoms with Crippen molar-refractivity contribution in [3.8, 4) is 5.75 Å². The predicted octanol–water partition coefficient (Wildman–Crippen LogP) is 4.06. The molecule has 0 atom stereocenters. The molecule has 1 aromatic heterocycles. The van der Waals surface area contributed by atoms with Crippen molar-refractivity contribution in [1.82, 2.24) is 4.98 Å². The minimum Gasteiger partial charge on any atom is -0.497 e. The van der Waals surface area contributed by atoms with E-state index in [9.17, 15) is 9.59 Å². The molecule has 0 saturated heterocycles. The summed E-state index contributed by atoms with van der Waals surface area (Å²) in [4.78, 5) is 28.6. The van der Waals surface area contributed by atoms with Crippen molar-refractivity contribution in [2.45, 2.75) is 10.8 Å². The first-order chi connectivity index (χ1) is 13.6. The molecule has 6 nitrogen and oxygen atoms in total. The van der Waals surface area contributed by atoms with E-state index in [0.29, 0.717) is 17.1 Å². The Bertz CT molecular complexity index is 945. The van der Waals surface area contributed by atoms with E-state index in [-0.39, 0.29) is 24.0 Å². The van der Waals surface area contributed by atoms with E-state index in [2.05, 4.69) is 15.6 Å². The number of carbonyl (C=O) groups excluding carboxylic acids is 2. The van der Waals surface area contributed by atoms with Crippen LogP contribution in [0, 0.1) is 0 Å². The van der Waals surface area contributed by atoms with Gasteiger partial charge in [-0.1, -0.05) is 36.0 Å². The normalized spacial score (nSPS) is 10.3. The van der Waals surface area contributed by atoms with Crippen LogP contribution in [-0.2, 0) is 16.0 Å². The molecule has 0 aliphatic heterocycles. The number of methoxy groups -OCH3 is 1. The van der Waals surface area contributed by atoms with E-state index in [1.54, 1.807) is 19.2 Å². The lowest BCUT2D eigenvalue weighted by Gasteiger charge is -2.06. The highest BCUT2D eigenvalue weighted by Gasteiger charge is 2.10. The average molecular weight is 414 g/mol. The van der Waals surface area contributed by atoms with Gasteiger partial charge in [-0.15, -0.1) is 11.3 Å². The first-order valence-electron chi connectivity index (χ1n) is 8.48. The minimum absolute atomic E-state index is 0.121. The van der Waals surface area contributed by atoms with Crippen LogP contribution < -0.4 is 15.4 Å². The smallest absolute Gasteiger partial charge is 0.234 e. The lowest BCUT2D eigenvalue weighted by Crippen LogP contribution is -2.14. The molecule has 0 fully saturated rings. The molecule has 3 rings (SSSR count). The molecule has 8 heteroatoms. The predicted molar refractivity (Wildman–Crippen MR) is 113 cm³/mol. The summed E-state index contributed by atoms with van der Waals surface area (Å²) < 4.78 is 5.89. The molecule has 2 amide bonds. The summed E-state index contributed by atoms with van der Waals surface area (Å²) in [6, 6.07) is 16.5. The molecular weight excluding hydrogens is 394 g/mol. The molecule has 0 bridgehead atoms. The number of hydrogen-bond acceptors (Lipinski definition) is 6. The lowest BCUT2D eigenvalue weighted by atomic mass is 10.3. The Hall–Kier alpha value is -2.84. The molecule has 144 valence electrons. The maximum absolute atomic E-state index is 12.1. The number of nitrogens with one attached hydrogen (secondary N) is 2. The van der Waals surface area contributed by atoms with E-state index < -0.39 is 0 Å². The molecule has 28 heavy (non-hydrogen) atoms. The number of para-hydroxylation sites is 1. The van der Waals surface area contributed by atoms with Crippen LogP contribution in [0.15, 0.2) is 64.3 Å². The van der Waals surface area contributed by atoms with Gasteiger partial charge in [0.25, 0.3) is 0 Å². The molecule has 0 aliphatic rings. The van der Waals surface area contributed by atoms with Crippen LogP contribution in [0.1, 0.15) is 5.69 Å². The highest BCUT2D eigenvalue weighted by molar-refractivity contribution is 8.01. The van der Waals surface area contributed by atoms with Gasteiger partial charge in [-0.3, -0.25) is 9.59 Å². The van der Waals surface area contributed by atoms with Gasteiger partial charge < -0.3 is 15.4 Å². The first kappa shape index (κ1) is 19.9. The van der Waals surface area contributed by atoms with Crippen molar-refractivity contribution in [3.63, 3.8) is 0 Å². The third kappa shape index (κ3) is 6.11. The Balaban J connectivity index is 1.46. The van der Waals surface area contributed by atoms with Gasteiger partial charge in [-0.2, -0.15) is 0 Å². The number of aromatic nitrogens is 1. The summed E-state index contributed by atoms with van der Waals surface area (Å²) in [6.45, 7) is 0. The van der Waals surface area contributed by atoms with E-state index >= 15 is 0 Å². The Morgan fingerprint density at radius 3 is 2.57 bits per heavy atom. The second-order valence-electron chi connectivity index (χ2n) is 5.76. The number of carbonyl (C=O) groups is 2. The molecule has 0 unspecified atom stereocenters. The minimum atomic E-state index is -0.128. The van der Waals surface area contributed by atoms with E-state index in [0.717, 1.165) is 10.0 Å². The Morgan fingerprint density at radius 2 is 1.79 bits per heavy atom. The molecule has 0 spiro atoms. The van der Waals surface area contributed by atoms with Gasteiger partial charge in [-0.05, 0) is 24.3 Å². The monoisotopic (exact) mass is 413 g/mol. The van der Waals surface area contributed by atoms with Crippen molar-refractivity contribution in [2.75, 3.05) is 23.5 Å². The van der Waals surface area contributed by atoms with Gasteiger partial charge in [0.1, 0.15) is 5.75 Å². The summed E-state index contributed by atoms with van der Waals surface area (Å²) in [6.07, 6.45) is 0.196. The lowest BCUT2D eigenvalue weighted by molar-refractivity contribution is -0.116. The average Bonchev–Trinajstić information content (AvgIpc) is 3.14. The van der Waals surface area contributed by atoms with E-state index in [1.165, 1.54) is 23.1 Å². The van der Waals surface area contributed by atoms with Gasteiger partial charge in [0, 0.05) is 22.8 Å². The fraction of sp³-hybridized carbons (Fsp3) is 0.150. The van der Waals surface area contributed by atoms with Crippen molar-refractivity contribution in [1.29, 1.82) is 0 Å². The van der Waals surface area contributed by atoms with Gasteiger partial charge in [0.15, 0.2) is 4.34 Å². The number of hydrogen-bond donors (Lipinski definition) is 2. The molecule has 3 aromatic rings. The Labute approximate surface area is 171 Å². The van der Waals surface area contributed by atoms with Crippen LogP contribution in [0.4, 0.5) is 11.4 Å². The maximum Gasteiger partial charge on any atom is 0.234 e. The number of benzene rings is 2. The third-order valence-electron chi connectivity index (χ3n) is 3.61. The highest BCUT2D eigenvalue weighted by Crippen LogP contribution is 2.24. The van der Waals surface area contributed by atoms with Crippen LogP contribution in [0.2, 0.25) is 0 Å². The molecule has 0 aliphatic carbocycles. The Morgan fingerprint density at radius 1 is 1.04 bits per heavy atom. The second kappa shape index (κ2) is 9.91. The number of thioether (sulfide) groups is 1. The fourth-order valence-electron chi connectivity index (χ4n) is 2.35. The van der Waals surface area contributed by atoms with Gasteiger partial charge in [0.05, 0.1) is 25.0 Å². The zero-order valence-corrected chi connectivity index (χ0v) is 16.8. The molecule has 0 saturated carbocycles. The fourth-order valence-corrected chi connectivity index (χ4v) is 4.00. The zero-order valence-electron chi connectivity index (χ0n) is 15.2. The zero-order chi connectivity index (χ0) is 19.8. The topological polar surface area (TPSA) is 80.3 Å². The van der Waals surface area contributed by atoms with Crippen molar-refractivity contribution in [2.24, 2.45) is 0 Å². The summed E-state index contributed by atoms with van der Waals surface area (Å²) in [5.41, 5.74) is 2.13. The molecular formula is C20H19N3O3S2. The summed E-state index contributed by atoms with van der Waals surface area (Å²) >= 11 is 2.77. The number of thiazole rings is 1. The van der Waals surface area contributed by atoms with Crippen LogP contribution in [0.5, 0.6) is 5.75 Å². The summed E-state index contributed by atoms with van der Waals surface area (Å²) in [5.74, 6) is 0.671. The van der Waals surface area contributed by atoms with E-state index in [1.807, 2.05) is 47.8 Å². The van der Waals surface area contributed by atoms with Gasteiger partial charge in [0.2, 0.25) is 11.8 Å². The number of nitrogens with zero attached hydrogens (tertiary/aromatic N) is 1. The number of anilines is 2. The number of amides is 2. The van der Waals surface area contributed by atoms with E-state index in [4.69, 9.17) is 4.74 Å². The number of ether oxygens (including phenoxy) is 1. The molecule has 2 N–H and O–H groups in total. The Kier molecular flexibility index (Phi) is 7.05. The largest absolute Gasteiger partial charge is 0.497 e. The van der Waals surface area contributed by atoms with Crippen LogP contribution in [0.25, 0.3) is 0 Å². The summed E-state index contributed by atoms with van der Waals surface area (Å²) in [7, 11) is 1.58. The number of rotatable bonds is 8. The van der Waals surface area contributed by atoms with Crippen molar-refractivity contribution < 1.29 is 14.3 Å². The summed E-state index contributed by atoms with van der Waals surface area (Å²) in [5, 5.41) is 7.50. The second-order valence-corrected chi connectivity index (χ2v) is 7.85. The van der Waals surface area contributed by atoms with Crippen LogP contribution in [-0.4, -0.2) is 29.7 Å². The van der Waals surface area contributed by atoms with Crippen molar-refractivity contribution >= 4 is 46.3 Å². The SMILES string of the molecule is COc1cccc(NC(=O)CSc2nc(CC(=O)Nc3ccccc3)cs2)c1. The first-order valence-corrected chi connectivity index (χ1v) is 10.3. The van der Waals surface area contributed by atoms with Crippen LogP contribution >= 0.6 is 23.1 Å². The van der Waals surface area contributed by atoms with Crippen LogP contribution in [0.3, 0.4) is 0 Å². The van der Waals surface area contributed by atoms with Gasteiger partial charge >= 0.3 is 0 Å². The quantitative estimate of drug-likeness (QED) is 0.544. The molecule has 1 heterocycles. The van der Waals surface area contributed by atoms with Crippen molar-refractivity contribution in [3.05, 3.63) is 65.7 Å². The molecule has 0 radical (unpaired) electrons. The van der Waals surface area contributed by atoms with Gasteiger partial charge in [-0.25, -0.2) is 4.98 Å². The maximum atomic E-state index is 12.1. The highest BCUT2D eigenvalue weighted by atomic mass is 32.2. The standard InChI is InChI=1S/C20H19N3O3S2/c1-26-17-9-5-8-15(10-17)22-19(25)13-28-20-23-16(12-27-20)11-18(24)21-14-6-3-2-4-7-14/h2-10,12H,11,13H2,1H3,(H,21,24)(H,22,25).